The van der Waals surface area contributed by atoms with Gasteiger partial charge in [0.05, 0.1) is 6.10 Å². The average Bonchev–Trinajstić information content (AvgIpc) is 3.08. The number of piperidine rings is 1. The Kier molecular flexibility index (Phi) is 6.04. The lowest BCUT2D eigenvalue weighted by Crippen LogP contribution is -2.41. The molecular weight excluding hydrogens is 318 g/mol. The Morgan fingerprint density at radius 3 is 2.48 bits per heavy atom. The fourth-order valence-corrected chi connectivity index (χ4v) is 3.45. The zero-order valence-electron chi connectivity index (χ0n) is 14.7. The highest BCUT2D eigenvalue weighted by Crippen LogP contribution is 2.23. The average molecular weight is 345 g/mol. The third-order valence-electron chi connectivity index (χ3n) is 4.93. The molecule has 6 heteroatoms. The molecule has 0 aromatic heterocycles. The molecule has 0 atom stereocenters. The van der Waals surface area contributed by atoms with Gasteiger partial charge in [0.2, 0.25) is 5.91 Å². The first-order chi connectivity index (χ1) is 12.2. The Balaban J connectivity index is 1.52. The lowest BCUT2D eigenvalue weighted by Gasteiger charge is -2.32. The van der Waals surface area contributed by atoms with Crippen LogP contribution in [0.2, 0.25) is 0 Å². The van der Waals surface area contributed by atoms with Gasteiger partial charge < -0.3 is 20.3 Å². The van der Waals surface area contributed by atoms with Gasteiger partial charge >= 0.3 is 0 Å². The normalized spacial score (nSPS) is 18.8. The molecule has 0 bridgehead atoms. The van der Waals surface area contributed by atoms with E-state index in [9.17, 15) is 9.59 Å². The van der Waals surface area contributed by atoms with Crippen molar-refractivity contribution in [3.8, 4) is 0 Å². The number of likely N-dealkylation sites (tertiary alicyclic amines) is 1. The van der Waals surface area contributed by atoms with Crippen molar-refractivity contribution >= 4 is 17.5 Å². The van der Waals surface area contributed by atoms with Crippen molar-refractivity contribution in [3.05, 3.63) is 29.8 Å². The van der Waals surface area contributed by atoms with Gasteiger partial charge in [0, 0.05) is 43.9 Å². The number of benzene rings is 1. The summed E-state index contributed by atoms with van der Waals surface area (Å²) < 4.78 is 5.78. The van der Waals surface area contributed by atoms with Gasteiger partial charge in [-0.25, -0.2) is 0 Å². The first-order valence-corrected chi connectivity index (χ1v) is 9.20. The Labute approximate surface area is 148 Å². The standard InChI is InChI=1S/C19H27N3O3/c20-10-2-14-25-17-8-12-21(13-9-17)19(24)15-4-6-16(7-5-15)22-11-1-3-18(22)23/h4-7,17H,1-3,8-14,20H2. The number of nitrogens with two attached hydrogens (primary N) is 1. The third-order valence-corrected chi connectivity index (χ3v) is 4.93. The quantitative estimate of drug-likeness (QED) is 0.798. The van der Waals surface area contributed by atoms with Gasteiger partial charge in [-0.2, -0.15) is 0 Å². The van der Waals surface area contributed by atoms with Gasteiger partial charge in [0.15, 0.2) is 0 Å². The van der Waals surface area contributed by atoms with Crippen molar-refractivity contribution in [2.45, 2.75) is 38.2 Å². The maximum atomic E-state index is 12.7. The number of nitrogens with zero attached hydrogens (tertiary/aromatic N) is 2. The van der Waals surface area contributed by atoms with E-state index in [-0.39, 0.29) is 17.9 Å². The van der Waals surface area contributed by atoms with Gasteiger partial charge in [-0.15, -0.1) is 0 Å². The highest BCUT2D eigenvalue weighted by Gasteiger charge is 2.25. The van der Waals surface area contributed by atoms with Crippen LogP contribution in [0.4, 0.5) is 5.69 Å². The van der Waals surface area contributed by atoms with Crippen LogP contribution in [0.25, 0.3) is 0 Å². The van der Waals surface area contributed by atoms with E-state index in [1.807, 2.05) is 29.2 Å². The summed E-state index contributed by atoms with van der Waals surface area (Å²) in [6.07, 6.45) is 4.38. The largest absolute Gasteiger partial charge is 0.378 e. The smallest absolute Gasteiger partial charge is 0.253 e. The minimum Gasteiger partial charge on any atom is -0.378 e. The molecule has 2 saturated heterocycles. The number of hydrogen-bond donors (Lipinski definition) is 1. The van der Waals surface area contributed by atoms with Gasteiger partial charge in [-0.1, -0.05) is 0 Å². The number of carbonyl (C=O) groups is 2. The first-order valence-electron chi connectivity index (χ1n) is 9.20. The monoisotopic (exact) mass is 345 g/mol. The lowest BCUT2D eigenvalue weighted by atomic mass is 10.1. The number of rotatable bonds is 6. The summed E-state index contributed by atoms with van der Waals surface area (Å²) in [5, 5.41) is 0. The molecule has 0 unspecified atom stereocenters. The van der Waals surface area contributed by atoms with Crippen LogP contribution in [0.1, 0.15) is 42.5 Å². The second-order valence-electron chi connectivity index (χ2n) is 6.70. The number of hydrogen-bond acceptors (Lipinski definition) is 4. The second kappa shape index (κ2) is 8.45. The fraction of sp³-hybridized carbons (Fsp3) is 0.579. The van der Waals surface area contributed by atoms with Crippen LogP contribution < -0.4 is 10.6 Å². The number of ether oxygens (including phenoxy) is 1. The molecule has 0 spiro atoms. The molecule has 2 heterocycles. The van der Waals surface area contributed by atoms with Crippen molar-refractivity contribution in [1.29, 1.82) is 0 Å². The molecule has 0 saturated carbocycles. The summed E-state index contributed by atoms with van der Waals surface area (Å²) in [5.41, 5.74) is 7.03. The van der Waals surface area contributed by atoms with E-state index in [1.54, 1.807) is 4.90 Å². The molecule has 3 rings (SSSR count). The second-order valence-corrected chi connectivity index (χ2v) is 6.70. The SMILES string of the molecule is NCCCOC1CCN(C(=O)c2ccc(N3CCCC3=O)cc2)CC1. The van der Waals surface area contributed by atoms with E-state index in [0.29, 0.717) is 25.1 Å². The summed E-state index contributed by atoms with van der Waals surface area (Å²) in [4.78, 5) is 28.1. The maximum absolute atomic E-state index is 12.7. The van der Waals surface area contributed by atoms with E-state index in [2.05, 4.69) is 0 Å². The molecule has 2 N–H and O–H groups in total. The van der Waals surface area contributed by atoms with E-state index >= 15 is 0 Å². The third kappa shape index (κ3) is 4.38. The Hall–Kier alpha value is -1.92. The molecule has 1 aromatic rings. The van der Waals surface area contributed by atoms with Gasteiger partial charge in [-0.3, -0.25) is 9.59 Å². The molecule has 2 fully saturated rings. The zero-order chi connectivity index (χ0) is 17.6. The summed E-state index contributed by atoms with van der Waals surface area (Å²) in [5.74, 6) is 0.218. The molecule has 1 aromatic carbocycles. The van der Waals surface area contributed by atoms with Crippen LogP contribution in [0.15, 0.2) is 24.3 Å². The summed E-state index contributed by atoms with van der Waals surface area (Å²) >= 11 is 0. The van der Waals surface area contributed by atoms with E-state index in [0.717, 1.165) is 51.0 Å². The van der Waals surface area contributed by atoms with Gasteiger partial charge in [-0.05, 0) is 56.5 Å². The highest BCUT2D eigenvalue weighted by molar-refractivity contribution is 5.97. The van der Waals surface area contributed by atoms with Crippen LogP contribution >= 0.6 is 0 Å². The Morgan fingerprint density at radius 2 is 1.88 bits per heavy atom. The van der Waals surface area contributed by atoms with E-state index < -0.39 is 0 Å². The number of anilines is 1. The predicted octanol–water partition coefficient (Wildman–Crippen LogP) is 1.78. The molecule has 2 aliphatic heterocycles. The topological polar surface area (TPSA) is 75.9 Å². The van der Waals surface area contributed by atoms with Crippen LogP contribution in [0, 0.1) is 0 Å². The van der Waals surface area contributed by atoms with E-state index in [4.69, 9.17) is 10.5 Å². The molecule has 136 valence electrons. The highest BCUT2D eigenvalue weighted by atomic mass is 16.5. The van der Waals surface area contributed by atoms with Gasteiger partial charge in [0.25, 0.3) is 5.91 Å². The molecule has 0 aliphatic carbocycles. The van der Waals surface area contributed by atoms with Crippen LogP contribution in [0.3, 0.4) is 0 Å². The minimum atomic E-state index is 0.0553. The minimum absolute atomic E-state index is 0.0553. The fourth-order valence-electron chi connectivity index (χ4n) is 3.45. The predicted molar refractivity (Wildman–Crippen MR) is 96.6 cm³/mol. The molecule has 2 amide bonds. The summed E-state index contributed by atoms with van der Waals surface area (Å²) in [6.45, 7) is 3.56. The van der Waals surface area contributed by atoms with Crippen molar-refractivity contribution in [2.75, 3.05) is 37.7 Å². The number of carbonyl (C=O) groups excluding carboxylic acids is 2. The number of amides is 2. The Bertz CT molecular complexity index is 594. The van der Waals surface area contributed by atoms with Gasteiger partial charge in [0.1, 0.15) is 0 Å². The Morgan fingerprint density at radius 1 is 1.16 bits per heavy atom. The van der Waals surface area contributed by atoms with Crippen molar-refractivity contribution in [1.82, 2.24) is 4.90 Å². The van der Waals surface area contributed by atoms with Crippen LogP contribution in [-0.4, -0.2) is 55.6 Å². The van der Waals surface area contributed by atoms with Crippen molar-refractivity contribution < 1.29 is 14.3 Å². The van der Waals surface area contributed by atoms with Crippen molar-refractivity contribution in [2.24, 2.45) is 5.73 Å². The van der Waals surface area contributed by atoms with Crippen molar-refractivity contribution in [3.63, 3.8) is 0 Å². The molecule has 6 nitrogen and oxygen atoms in total. The molecule has 25 heavy (non-hydrogen) atoms. The molecule has 2 aliphatic rings. The molecular formula is C19H27N3O3. The first kappa shape index (κ1) is 17.9. The maximum Gasteiger partial charge on any atom is 0.253 e. The lowest BCUT2D eigenvalue weighted by molar-refractivity contribution is -0.117. The summed E-state index contributed by atoms with van der Waals surface area (Å²) in [6, 6.07) is 7.40. The zero-order valence-corrected chi connectivity index (χ0v) is 14.7. The van der Waals surface area contributed by atoms with Crippen LogP contribution in [0.5, 0.6) is 0 Å². The van der Waals surface area contributed by atoms with E-state index in [1.165, 1.54) is 0 Å². The summed E-state index contributed by atoms with van der Waals surface area (Å²) in [7, 11) is 0. The molecule has 0 radical (unpaired) electrons. The van der Waals surface area contributed by atoms with Crippen LogP contribution in [-0.2, 0) is 9.53 Å².